The van der Waals surface area contributed by atoms with E-state index in [0.717, 1.165) is 0 Å². The number of benzene rings is 1. The van der Waals surface area contributed by atoms with Gasteiger partial charge in [-0.1, -0.05) is 23.7 Å². The normalized spacial score (nSPS) is 13.8. The van der Waals surface area contributed by atoms with E-state index >= 15 is 0 Å². The molecule has 1 aromatic rings. The van der Waals surface area contributed by atoms with Gasteiger partial charge in [-0.15, -0.1) is 0 Å². The summed E-state index contributed by atoms with van der Waals surface area (Å²) in [6.45, 7) is 2.21. The summed E-state index contributed by atoms with van der Waals surface area (Å²) in [4.78, 5) is 11.9. The minimum absolute atomic E-state index is 0.348. The summed E-state index contributed by atoms with van der Waals surface area (Å²) < 4.78 is 9.84. The van der Waals surface area contributed by atoms with Crippen LogP contribution in [0.3, 0.4) is 0 Å². The first-order valence-corrected chi connectivity index (χ1v) is 6.01. The second-order valence-electron chi connectivity index (χ2n) is 4.17. The number of hydrogen-bond donors (Lipinski definition) is 1. The molecule has 0 aliphatic heterocycles. The van der Waals surface area contributed by atoms with Crippen molar-refractivity contribution in [3.8, 4) is 0 Å². The molecule has 18 heavy (non-hydrogen) atoms. The Morgan fingerprint density at radius 2 is 2.06 bits per heavy atom. The van der Waals surface area contributed by atoms with Gasteiger partial charge in [-0.05, 0) is 19.1 Å². The van der Waals surface area contributed by atoms with Crippen LogP contribution in [0.1, 0.15) is 13.3 Å². The minimum Gasteiger partial charge on any atom is -0.467 e. The number of anilines is 1. The number of carbonyl (C=O) groups is 1. The summed E-state index contributed by atoms with van der Waals surface area (Å²) in [6.07, 6.45) is 0.487. The van der Waals surface area contributed by atoms with E-state index in [1.807, 2.05) is 18.2 Å². The maximum atomic E-state index is 11.9. The fourth-order valence-corrected chi connectivity index (χ4v) is 1.79. The molecule has 0 bridgehead atoms. The predicted octanol–water partition coefficient (Wildman–Crippen LogP) is 2.72. The van der Waals surface area contributed by atoms with Gasteiger partial charge in [-0.25, -0.2) is 4.79 Å². The zero-order valence-electron chi connectivity index (χ0n) is 10.8. The van der Waals surface area contributed by atoms with Gasteiger partial charge in [-0.2, -0.15) is 0 Å². The molecule has 0 heterocycles. The minimum atomic E-state index is -0.865. The highest BCUT2D eigenvalue weighted by Gasteiger charge is 2.34. The lowest BCUT2D eigenvalue weighted by Gasteiger charge is -2.29. The van der Waals surface area contributed by atoms with Crippen molar-refractivity contribution in [3.05, 3.63) is 29.3 Å². The Bertz CT molecular complexity index is 411. The number of nitrogens with one attached hydrogen (secondary N) is 1. The van der Waals surface area contributed by atoms with Crippen molar-refractivity contribution >= 4 is 23.3 Å². The molecule has 0 amide bonds. The monoisotopic (exact) mass is 271 g/mol. The van der Waals surface area contributed by atoms with Crippen molar-refractivity contribution < 1.29 is 14.3 Å². The summed E-state index contributed by atoms with van der Waals surface area (Å²) in [5.41, 5.74) is -0.168. The SMILES string of the molecule is COCCC(C)(Nc1ccccc1Cl)C(=O)OC. The van der Waals surface area contributed by atoms with Crippen LogP contribution < -0.4 is 5.32 Å². The van der Waals surface area contributed by atoms with Crippen LogP contribution in [0, 0.1) is 0 Å². The van der Waals surface area contributed by atoms with Gasteiger partial charge in [0.2, 0.25) is 0 Å². The number of methoxy groups -OCH3 is 2. The standard InChI is InChI=1S/C13H18ClNO3/c1-13(8-9-17-2,12(16)18-3)15-11-7-5-4-6-10(11)14/h4-7,15H,8-9H2,1-3H3. The highest BCUT2D eigenvalue weighted by Crippen LogP contribution is 2.26. The van der Waals surface area contributed by atoms with Crippen LogP contribution >= 0.6 is 11.6 Å². The number of carbonyl (C=O) groups excluding carboxylic acids is 1. The molecule has 0 aromatic heterocycles. The number of esters is 1. The third-order valence-corrected chi connectivity index (χ3v) is 3.06. The summed E-state index contributed by atoms with van der Waals surface area (Å²) in [7, 11) is 2.95. The Labute approximate surface area is 112 Å². The van der Waals surface area contributed by atoms with Crippen molar-refractivity contribution in [2.24, 2.45) is 0 Å². The summed E-state index contributed by atoms with van der Waals surface area (Å²) >= 11 is 6.07. The Morgan fingerprint density at radius 3 is 2.61 bits per heavy atom. The molecule has 100 valence electrons. The molecule has 4 nitrogen and oxygen atoms in total. The second-order valence-corrected chi connectivity index (χ2v) is 4.58. The predicted molar refractivity (Wildman–Crippen MR) is 72.0 cm³/mol. The zero-order valence-corrected chi connectivity index (χ0v) is 11.6. The van der Waals surface area contributed by atoms with Crippen molar-refractivity contribution in [1.29, 1.82) is 0 Å². The lowest BCUT2D eigenvalue weighted by atomic mass is 9.98. The van der Waals surface area contributed by atoms with Crippen LogP contribution in [-0.2, 0) is 14.3 Å². The molecular weight excluding hydrogens is 254 g/mol. The highest BCUT2D eigenvalue weighted by molar-refractivity contribution is 6.33. The maximum absolute atomic E-state index is 11.9. The maximum Gasteiger partial charge on any atom is 0.331 e. The molecule has 1 rings (SSSR count). The average molecular weight is 272 g/mol. The van der Waals surface area contributed by atoms with Crippen molar-refractivity contribution in [3.63, 3.8) is 0 Å². The Kier molecular flexibility index (Phi) is 5.44. The highest BCUT2D eigenvalue weighted by atomic mass is 35.5. The van der Waals surface area contributed by atoms with Gasteiger partial charge in [0.15, 0.2) is 0 Å². The third-order valence-electron chi connectivity index (χ3n) is 2.73. The first kappa shape index (κ1) is 14.8. The Balaban J connectivity index is 2.91. The molecule has 0 fully saturated rings. The Hall–Kier alpha value is -1.26. The molecule has 5 heteroatoms. The van der Waals surface area contributed by atoms with Gasteiger partial charge < -0.3 is 14.8 Å². The van der Waals surface area contributed by atoms with Crippen molar-refractivity contribution in [2.45, 2.75) is 18.9 Å². The van der Waals surface area contributed by atoms with Crippen LogP contribution in [0.25, 0.3) is 0 Å². The number of rotatable bonds is 6. The van der Waals surface area contributed by atoms with Crippen molar-refractivity contribution in [2.75, 3.05) is 26.1 Å². The van der Waals surface area contributed by atoms with E-state index < -0.39 is 5.54 Å². The lowest BCUT2D eigenvalue weighted by molar-refractivity contribution is -0.146. The van der Waals surface area contributed by atoms with Gasteiger partial charge in [0.05, 0.1) is 17.8 Å². The second kappa shape index (κ2) is 6.61. The summed E-state index contributed by atoms with van der Waals surface area (Å²) in [5.74, 6) is -0.348. The van der Waals surface area contributed by atoms with E-state index in [-0.39, 0.29) is 5.97 Å². The zero-order chi connectivity index (χ0) is 13.6. The Morgan fingerprint density at radius 1 is 1.39 bits per heavy atom. The summed E-state index contributed by atoms with van der Waals surface area (Å²) in [5, 5.41) is 3.68. The topological polar surface area (TPSA) is 47.6 Å². The van der Waals surface area contributed by atoms with Crippen LogP contribution in [0.15, 0.2) is 24.3 Å². The first-order valence-electron chi connectivity index (χ1n) is 5.63. The molecule has 0 aliphatic rings. The van der Waals surface area contributed by atoms with Gasteiger partial charge >= 0.3 is 5.97 Å². The molecule has 0 radical (unpaired) electrons. The fraction of sp³-hybridized carbons (Fsp3) is 0.462. The number of para-hydroxylation sites is 1. The van der Waals surface area contributed by atoms with Crippen LogP contribution in [0.5, 0.6) is 0 Å². The molecule has 0 spiro atoms. The van der Waals surface area contributed by atoms with Gasteiger partial charge in [0.25, 0.3) is 0 Å². The van der Waals surface area contributed by atoms with E-state index in [0.29, 0.717) is 23.7 Å². The van der Waals surface area contributed by atoms with E-state index in [1.54, 1.807) is 20.1 Å². The van der Waals surface area contributed by atoms with Gasteiger partial charge in [0.1, 0.15) is 5.54 Å². The summed E-state index contributed by atoms with van der Waals surface area (Å²) in [6, 6.07) is 7.26. The molecule has 1 N–H and O–H groups in total. The molecule has 0 aliphatic carbocycles. The van der Waals surface area contributed by atoms with Crippen LogP contribution in [0.4, 0.5) is 5.69 Å². The number of hydrogen-bond acceptors (Lipinski definition) is 4. The molecule has 1 atom stereocenters. The molecule has 0 saturated heterocycles. The molecular formula is C13H18ClNO3. The third kappa shape index (κ3) is 3.62. The quantitative estimate of drug-likeness (QED) is 0.808. The van der Waals surface area contributed by atoms with Crippen molar-refractivity contribution in [1.82, 2.24) is 0 Å². The van der Waals surface area contributed by atoms with E-state index in [2.05, 4.69) is 5.32 Å². The number of ether oxygens (including phenoxy) is 2. The van der Waals surface area contributed by atoms with E-state index in [1.165, 1.54) is 7.11 Å². The fourth-order valence-electron chi connectivity index (χ4n) is 1.61. The smallest absolute Gasteiger partial charge is 0.331 e. The van der Waals surface area contributed by atoms with Gasteiger partial charge in [-0.3, -0.25) is 0 Å². The number of halogens is 1. The average Bonchev–Trinajstić information content (AvgIpc) is 2.38. The van der Waals surface area contributed by atoms with E-state index in [9.17, 15) is 4.79 Å². The molecule has 1 aromatic carbocycles. The van der Waals surface area contributed by atoms with Crippen LogP contribution in [-0.4, -0.2) is 32.3 Å². The van der Waals surface area contributed by atoms with E-state index in [4.69, 9.17) is 21.1 Å². The lowest BCUT2D eigenvalue weighted by Crippen LogP contribution is -2.45. The molecule has 1 unspecified atom stereocenters. The first-order chi connectivity index (χ1) is 8.53. The largest absolute Gasteiger partial charge is 0.467 e. The van der Waals surface area contributed by atoms with Crippen LogP contribution in [0.2, 0.25) is 5.02 Å². The van der Waals surface area contributed by atoms with Gasteiger partial charge in [0, 0.05) is 20.1 Å². The molecule has 0 saturated carbocycles.